The van der Waals surface area contributed by atoms with Gasteiger partial charge in [0.15, 0.2) is 0 Å². The lowest BCUT2D eigenvalue weighted by atomic mass is 10.5. The van der Waals surface area contributed by atoms with E-state index < -0.39 is 11.4 Å². The van der Waals surface area contributed by atoms with Crippen LogP contribution in [-0.2, 0) is 20.3 Å². The monoisotopic (exact) mass is 243 g/mol. The van der Waals surface area contributed by atoms with E-state index in [9.17, 15) is 8.76 Å². The summed E-state index contributed by atoms with van der Waals surface area (Å²) in [4.78, 5) is 0. The normalized spacial score (nSPS) is 12.5. The molecule has 0 aromatic carbocycles. The topological polar surface area (TPSA) is 58.6 Å². The Morgan fingerprint density at radius 2 is 2.38 bits per heavy atom. The number of thiocarbonyl (C=S) groups is 1. The molecule has 0 radical (unpaired) electrons. The minimum atomic E-state index is -2.41. The highest BCUT2D eigenvalue weighted by Gasteiger charge is 1.96. The lowest BCUT2D eigenvalue weighted by molar-refractivity contribution is 0.301. The van der Waals surface area contributed by atoms with Crippen LogP contribution >= 0.6 is 24.0 Å². The molecule has 0 aliphatic carbocycles. The third-order valence-corrected chi connectivity index (χ3v) is 2.63. The highest BCUT2D eigenvalue weighted by Crippen LogP contribution is 2.07. The molecule has 0 aromatic heterocycles. The molecule has 0 saturated heterocycles. The molecule has 0 rings (SSSR count). The zero-order valence-electron chi connectivity index (χ0n) is 7.19. The molecule has 0 aliphatic heterocycles. The van der Waals surface area contributed by atoms with Gasteiger partial charge in [0.25, 0.3) is 0 Å². The summed E-state index contributed by atoms with van der Waals surface area (Å²) in [5.74, 6) is 0.704. The first-order chi connectivity index (χ1) is 6.16. The van der Waals surface area contributed by atoms with Crippen LogP contribution in [0.3, 0.4) is 0 Å². The number of ether oxygens (including phenoxy) is 1. The van der Waals surface area contributed by atoms with E-state index in [1.165, 1.54) is 11.8 Å². The highest BCUT2D eigenvalue weighted by atomic mass is 32.2. The quantitative estimate of drug-likeness (QED) is 0.397. The largest absolute Gasteiger partial charge is 0.750 e. The van der Waals surface area contributed by atoms with Crippen molar-refractivity contribution in [1.29, 1.82) is 0 Å². The maximum Gasteiger partial charge on any atom is 0.219 e. The molecule has 1 atom stereocenters. The molecule has 78 valence electrons. The maximum atomic E-state index is 9.92. The summed E-state index contributed by atoms with van der Waals surface area (Å²) >= 11 is 3.81. The number of hydrogen-bond acceptors (Lipinski definition) is 6. The van der Waals surface area contributed by atoms with Gasteiger partial charge in [0.1, 0.15) is 0 Å². The number of thioether (sulfide) groups is 1. The smallest absolute Gasteiger partial charge is 0.219 e. The average molecular weight is 243 g/mol. The van der Waals surface area contributed by atoms with Crippen LogP contribution in [0.15, 0.2) is 0 Å². The zero-order chi connectivity index (χ0) is 10.1. The van der Waals surface area contributed by atoms with Gasteiger partial charge in [-0.25, -0.2) is 4.21 Å². The van der Waals surface area contributed by atoms with Crippen LogP contribution in [0.4, 0.5) is 0 Å². The molecule has 0 aromatic rings. The maximum absolute atomic E-state index is 9.92. The van der Waals surface area contributed by atoms with Crippen LogP contribution < -0.4 is 0 Å². The molecule has 0 heterocycles. The van der Waals surface area contributed by atoms with Gasteiger partial charge in [-0.05, 0) is 25.6 Å². The third kappa shape index (κ3) is 10.2. The van der Waals surface area contributed by atoms with Crippen molar-refractivity contribution in [3.05, 3.63) is 0 Å². The number of hydrogen-bond donors (Lipinski definition) is 0. The van der Waals surface area contributed by atoms with Crippen molar-refractivity contribution in [3.8, 4) is 0 Å². The molecule has 0 saturated carbocycles. The van der Waals surface area contributed by atoms with Gasteiger partial charge in [-0.15, -0.1) is 0 Å². The second-order valence-electron chi connectivity index (χ2n) is 1.91. The summed E-state index contributed by atoms with van der Waals surface area (Å²) in [5.41, 5.74) is 0. The fourth-order valence-electron chi connectivity index (χ4n) is 0.501. The minimum Gasteiger partial charge on any atom is -0.750 e. The molecule has 1 unspecified atom stereocenters. The Balaban J connectivity index is 3.16. The summed E-state index contributed by atoms with van der Waals surface area (Å²) in [6.45, 7) is 2.61. The summed E-state index contributed by atoms with van der Waals surface area (Å²) < 4.78 is 29.6. The van der Waals surface area contributed by atoms with Crippen LogP contribution in [0.1, 0.15) is 13.3 Å². The Hall–Kier alpha value is 0.310. The van der Waals surface area contributed by atoms with Crippen LogP contribution in [-0.4, -0.2) is 32.1 Å². The van der Waals surface area contributed by atoms with Gasteiger partial charge in [0, 0.05) is 5.75 Å². The molecule has 0 spiro atoms. The highest BCUT2D eigenvalue weighted by molar-refractivity contribution is 8.22. The Kier molecular flexibility index (Phi) is 9.10. The van der Waals surface area contributed by atoms with Crippen molar-refractivity contribution >= 4 is 39.7 Å². The van der Waals surface area contributed by atoms with E-state index in [4.69, 9.17) is 17.0 Å². The van der Waals surface area contributed by atoms with Gasteiger partial charge in [0.05, 0.1) is 24.6 Å². The molecular formula is C6H11O4S3-. The standard InChI is InChI=1S/C6H12O4S3/c1-2-9-6(11)12-5-3-4-10-13(7)8/h2-5H2,1H3,(H,7,8)/p-1. The van der Waals surface area contributed by atoms with E-state index in [2.05, 4.69) is 4.18 Å². The molecule has 0 bridgehead atoms. The van der Waals surface area contributed by atoms with Crippen LogP contribution in [0.5, 0.6) is 0 Å². The van der Waals surface area contributed by atoms with E-state index in [0.29, 0.717) is 23.2 Å². The van der Waals surface area contributed by atoms with Gasteiger partial charge in [-0.3, -0.25) is 0 Å². The lowest BCUT2D eigenvalue weighted by Crippen LogP contribution is -2.01. The van der Waals surface area contributed by atoms with Crippen molar-refractivity contribution in [2.75, 3.05) is 19.0 Å². The van der Waals surface area contributed by atoms with Crippen molar-refractivity contribution in [2.24, 2.45) is 0 Å². The zero-order valence-corrected chi connectivity index (χ0v) is 9.64. The predicted molar refractivity (Wildman–Crippen MR) is 56.2 cm³/mol. The summed E-state index contributed by atoms with van der Waals surface area (Å²) in [6, 6.07) is 0. The van der Waals surface area contributed by atoms with Crippen LogP contribution in [0, 0.1) is 0 Å². The summed E-state index contributed by atoms with van der Waals surface area (Å²) in [7, 11) is 0. The van der Waals surface area contributed by atoms with Gasteiger partial charge in [0.2, 0.25) is 4.38 Å². The first-order valence-electron chi connectivity index (χ1n) is 3.69. The van der Waals surface area contributed by atoms with Crippen molar-refractivity contribution in [2.45, 2.75) is 13.3 Å². The van der Waals surface area contributed by atoms with Crippen molar-refractivity contribution in [3.63, 3.8) is 0 Å². The van der Waals surface area contributed by atoms with Crippen molar-refractivity contribution < 1.29 is 17.7 Å². The Morgan fingerprint density at radius 1 is 1.69 bits per heavy atom. The molecule has 0 fully saturated rings. The van der Waals surface area contributed by atoms with E-state index in [1.54, 1.807) is 0 Å². The number of rotatable bonds is 6. The fraction of sp³-hybridized carbons (Fsp3) is 0.833. The lowest BCUT2D eigenvalue weighted by Gasteiger charge is -2.05. The first-order valence-corrected chi connectivity index (χ1v) is 6.08. The van der Waals surface area contributed by atoms with Gasteiger partial charge in [-0.2, -0.15) is 0 Å². The van der Waals surface area contributed by atoms with Crippen LogP contribution in [0.25, 0.3) is 0 Å². The fourth-order valence-corrected chi connectivity index (χ4v) is 1.75. The molecule has 7 heteroatoms. The molecule has 4 nitrogen and oxygen atoms in total. The van der Waals surface area contributed by atoms with Gasteiger partial charge >= 0.3 is 0 Å². The van der Waals surface area contributed by atoms with E-state index in [0.717, 1.165) is 0 Å². The Bertz CT molecular complexity index is 173. The average Bonchev–Trinajstić information content (AvgIpc) is 2.03. The predicted octanol–water partition coefficient (Wildman–Crippen LogP) is 1.24. The van der Waals surface area contributed by atoms with Crippen molar-refractivity contribution in [1.82, 2.24) is 0 Å². The van der Waals surface area contributed by atoms with E-state index >= 15 is 0 Å². The molecule has 0 N–H and O–H groups in total. The second kappa shape index (κ2) is 8.89. The SMILES string of the molecule is CCOC(=S)SCCCOS(=O)[O-]. The first kappa shape index (κ1) is 13.3. The summed E-state index contributed by atoms with van der Waals surface area (Å²) in [6.07, 6.45) is 0.631. The van der Waals surface area contributed by atoms with E-state index in [1.807, 2.05) is 6.92 Å². The molecule has 0 amide bonds. The van der Waals surface area contributed by atoms with Crippen LogP contribution in [0.2, 0.25) is 0 Å². The molecular weight excluding hydrogens is 232 g/mol. The minimum absolute atomic E-state index is 0.192. The van der Waals surface area contributed by atoms with E-state index in [-0.39, 0.29) is 6.61 Å². The van der Waals surface area contributed by atoms with Gasteiger partial charge < -0.3 is 13.5 Å². The summed E-state index contributed by atoms with van der Waals surface area (Å²) in [5, 5.41) is 0. The Morgan fingerprint density at radius 3 is 2.92 bits per heavy atom. The van der Waals surface area contributed by atoms with Gasteiger partial charge in [-0.1, -0.05) is 11.8 Å². The molecule has 13 heavy (non-hydrogen) atoms. The molecule has 0 aliphatic rings. The third-order valence-electron chi connectivity index (χ3n) is 0.950. The Labute approximate surface area is 89.9 Å². The second-order valence-corrected chi connectivity index (χ2v) is 4.25.